The number of H-pyrrole nitrogens is 1. The van der Waals surface area contributed by atoms with Crippen LogP contribution in [0.15, 0.2) is 64.8 Å². The number of aromatic nitrogens is 2. The molecule has 108 valence electrons. The lowest BCUT2D eigenvalue weighted by atomic mass is 10.2. The van der Waals surface area contributed by atoms with Gasteiger partial charge in [-0.05, 0) is 29.7 Å². The summed E-state index contributed by atoms with van der Waals surface area (Å²) in [6, 6.07) is 12.3. The van der Waals surface area contributed by atoms with Crippen molar-refractivity contribution in [2.75, 3.05) is 0 Å². The number of para-hydroxylation sites is 1. The minimum absolute atomic E-state index is 0.263. The lowest BCUT2D eigenvalue weighted by Crippen LogP contribution is -2.19. The molecule has 22 heavy (non-hydrogen) atoms. The van der Waals surface area contributed by atoms with Crippen LogP contribution in [0.1, 0.15) is 15.9 Å². The summed E-state index contributed by atoms with van der Waals surface area (Å²) in [7, 11) is 0. The summed E-state index contributed by atoms with van der Waals surface area (Å²) >= 11 is 0. The van der Waals surface area contributed by atoms with Gasteiger partial charge in [-0.1, -0.05) is 18.2 Å². The van der Waals surface area contributed by atoms with Gasteiger partial charge in [0.2, 0.25) is 0 Å². The van der Waals surface area contributed by atoms with E-state index in [-0.39, 0.29) is 11.5 Å². The van der Waals surface area contributed by atoms with E-state index in [0.29, 0.717) is 11.1 Å². The monoisotopic (exact) mass is 292 g/mol. The maximum atomic E-state index is 11.9. The van der Waals surface area contributed by atoms with E-state index < -0.39 is 0 Å². The lowest BCUT2D eigenvalue weighted by molar-refractivity contribution is 0.0955. The smallest absolute Gasteiger partial charge is 0.271 e. The maximum absolute atomic E-state index is 11.9. The third-order valence-corrected chi connectivity index (χ3v) is 3.09. The zero-order valence-corrected chi connectivity index (χ0v) is 11.5. The number of hydrazone groups is 1. The molecule has 0 aliphatic rings. The van der Waals surface area contributed by atoms with Crippen LogP contribution in [-0.4, -0.2) is 22.1 Å². The van der Waals surface area contributed by atoms with Crippen molar-refractivity contribution in [3.63, 3.8) is 0 Å². The van der Waals surface area contributed by atoms with Gasteiger partial charge in [-0.25, -0.2) is 5.43 Å². The largest absolute Gasteiger partial charge is 0.321 e. The second-order valence-electron chi connectivity index (χ2n) is 4.58. The first-order valence-corrected chi connectivity index (χ1v) is 6.59. The van der Waals surface area contributed by atoms with E-state index in [0.717, 1.165) is 10.9 Å². The Morgan fingerprint density at radius 3 is 2.77 bits per heavy atom. The predicted octanol–water partition coefficient (Wildman–Crippen LogP) is 1.69. The average Bonchev–Trinajstić information content (AvgIpc) is 2.56. The van der Waals surface area contributed by atoms with Gasteiger partial charge in [0.1, 0.15) is 0 Å². The summed E-state index contributed by atoms with van der Waals surface area (Å²) in [5, 5.41) is 4.71. The Bertz CT molecular complexity index is 901. The summed E-state index contributed by atoms with van der Waals surface area (Å²) in [4.78, 5) is 30.3. The highest BCUT2D eigenvalue weighted by Crippen LogP contribution is 2.08. The first-order chi connectivity index (χ1) is 10.7. The molecule has 0 aliphatic carbocycles. The first kappa shape index (κ1) is 13.7. The van der Waals surface area contributed by atoms with Gasteiger partial charge in [-0.2, -0.15) is 5.10 Å². The molecule has 3 aromatic rings. The van der Waals surface area contributed by atoms with E-state index in [2.05, 4.69) is 20.5 Å². The second-order valence-corrected chi connectivity index (χ2v) is 4.58. The molecular weight excluding hydrogens is 280 g/mol. The molecule has 1 aromatic carbocycles. The van der Waals surface area contributed by atoms with Gasteiger partial charge < -0.3 is 4.98 Å². The molecule has 3 rings (SSSR count). The second kappa shape index (κ2) is 6.01. The number of rotatable bonds is 3. The highest BCUT2D eigenvalue weighted by atomic mass is 16.2. The molecule has 0 atom stereocenters. The van der Waals surface area contributed by atoms with Gasteiger partial charge in [0.05, 0.1) is 11.8 Å². The molecule has 2 heterocycles. The zero-order chi connectivity index (χ0) is 15.4. The summed E-state index contributed by atoms with van der Waals surface area (Å²) in [5.41, 5.74) is 3.68. The van der Waals surface area contributed by atoms with E-state index in [1.807, 2.05) is 24.3 Å². The van der Waals surface area contributed by atoms with E-state index in [1.165, 1.54) is 18.6 Å². The lowest BCUT2D eigenvalue weighted by Gasteiger charge is -2.00. The molecule has 2 N–H and O–H groups in total. The zero-order valence-electron chi connectivity index (χ0n) is 11.5. The molecule has 6 nitrogen and oxygen atoms in total. The van der Waals surface area contributed by atoms with Crippen LogP contribution in [0, 0.1) is 0 Å². The number of nitrogens with zero attached hydrogens (tertiary/aromatic N) is 2. The molecule has 2 aromatic heterocycles. The molecule has 1 amide bonds. The Balaban J connectivity index is 1.80. The SMILES string of the molecule is O=C(N/N=C/c1cc2ccccc2[nH]c1=O)c1ccncc1. The first-order valence-electron chi connectivity index (χ1n) is 6.59. The number of hydrogen-bond acceptors (Lipinski definition) is 4. The van der Waals surface area contributed by atoms with Crippen LogP contribution in [0.4, 0.5) is 0 Å². The number of nitrogens with one attached hydrogen (secondary N) is 2. The quantitative estimate of drug-likeness (QED) is 0.569. The van der Waals surface area contributed by atoms with E-state index in [4.69, 9.17) is 0 Å². The molecule has 0 unspecified atom stereocenters. The van der Waals surface area contributed by atoms with Gasteiger partial charge in [0, 0.05) is 23.5 Å². The van der Waals surface area contributed by atoms with Gasteiger partial charge in [-0.15, -0.1) is 0 Å². The van der Waals surface area contributed by atoms with Crippen molar-refractivity contribution in [1.29, 1.82) is 0 Å². The molecule has 0 spiro atoms. The number of carbonyl (C=O) groups excluding carboxylic acids is 1. The number of benzene rings is 1. The summed E-state index contributed by atoms with van der Waals surface area (Å²) in [6.45, 7) is 0. The van der Waals surface area contributed by atoms with Crippen molar-refractivity contribution < 1.29 is 4.79 Å². The van der Waals surface area contributed by atoms with Crippen molar-refractivity contribution in [3.8, 4) is 0 Å². The molecule has 0 saturated carbocycles. The van der Waals surface area contributed by atoms with E-state index in [9.17, 15) is 9.59 Å². The molecule has 6 heteroatoms. The minimum Gasteiger partial charge on any atom is -0.321 e. The standard InChI is InChI=1S/C16H12N4O2/c21-15-13(9-12-3-1-2-4-14(12)19-15)10-18-20-16(22)11-5-7-17-8-6-11/h1-10H,(H,19,21)(H,20,22)/b18-10+. The third-order valence-electron chi connectivity index (χ3n) is 3.09. The Kier molecular flexibility index (Phi) is 3.74. The summed E-state index contributed by atoms with van der Waals surface area (Å²) in [6.07, 6.45) is 4.36. The summed E-state index contributed by atoms with van der Waals surface area (Å²) in [5.74, 6) is -0.365. The van der Waals surface area contributed by atoms with Crippen LogP contribution in [0.3, 0.4) is 0 Å². The number of amides is 1. The normalized spacial score (nSPS) is 10.9. The minimum atomic E-state index is -0.365. The maximum Gasteiger partial charge on any atom is 0.271 e. The van der Waals surface area contributed by atoms with Crippen LogP contribution in [0.5, 0.6) is 0 Å². The van der Waals surface area contributed by atoms with Crippen molar-refractivity contribution in [2.24, 2.45) is 5.10 Å². The van der Waals surface area contributed by atoms with Gasteiger partial charge in [-0.3, -0.25) is 14.6 Å². The Morgan fingerprint density at radius 1 is 1.18 bits per heavy atom. The van der Waals surface area contributed by atoms with Crippen LogP contribution < -0.4 is 11.0 Å². The fourth-order valence-electron chi connectivity index (χ4n) is 1.99. The van der Waals surface area contributed by atoms with Gasteiger partial charge >= 0.3 is 0 Å². The van der Waals surface area contributed by atoms with E-state index >= 15 is 0 Å². The highest BCUT2D eigenvalue weighted by molar-refractivity contribution is 5.95. The van der Waals surface area contributed by atoms with Crippen molar-refractivity contribution in [3.05, 3.63) is 76.3 Å². The Hall–Kier alpha value is -3.28. The topological polar surface area (TPSA) is 87.2 Å². The van der Waals surface area contributed by atoms with Crippen molar-refractivity contribution in [2.45, 2.75) is 0 Å². The van der Waals surface area contributed by atoms with Crippen LogP contribution >= 0.6 is 0 Å². The number of carbonyl (C=O) groups is 1. The van der Waals surface area contributed by atoms with Gasteiger partial charge in [0.25, 0.3) is 11.5 Å². The molecular formula is C16H12N4O2. The Morgan fingerprint density at radius 2 is 1.95 bits per heavy atom. The molecule has 0 aliphatic heterocycles. The number of fused-ring (bicyclic) bond motifs is 1. The highest BCUT2D eigenvalue weighted by Gasteiger charge is 2.03. The number of pyridine rings is 2. The Labute approximate surface area is 125 Å². The fourth-order valence-corrected chi connectivity index (χ4v) is 1.99. The molecule has 0 radical (unpaired) electrons. The predicted molar refractivity (Wildman–Crippen MR) is 83.9 cm³/mol. The third kappa shape index (κ3) is 2.90. The number of aromatic amines is 1. The fraction of sp³-hybridized carbons (Fsp3) is 0. The van der Waals surface area contributed by atoms with Crippen molar-refractivity contribution in [1.82, 2.24) is 15.4 Å². The molecule has 0 bridgehead atoms. The average molecular weight is 292 g/mol. The van der Waals surface area contributed by atoms with Crippen LogP contribution in [-0.2, 0) is 0 Å². The molecule has 0 saturated heterocycles. The van der Waals surface area contributed by atoms with E-state index in [1.54, 1.807) is 18.2 Å². The number of hydrogen-bond donors (Lipinski definition) is 2. The van der Waals surface area contributed by atoms with Crippen LogP contribution in [0.2, 0.25) is 0 Å². The van der Waals surface area contributed by atoms with Crippen LogP contribution in [0.25, 0.3) is 10.9 Å². The van der Waals surface area contributed by atoms with Gasteiger partial charge in [0.15, 0.2) is 0 Å². The van der Waals surface area contributed by atoms with Crippen molar-refractivity contribution >= 4 is 23.0 Å². The summed E-state index contributed by atoms with van der Waals surface area (Å²) < 4.78 is 0. The molecule has 0 fully saturated rings.